The van der Waals surface area contributed by atoms with E-state index in [1.807, 2.05) is 0 Å². The van der Waals surface area contributed by atoms with Crippen LogP contribution in [0.3, 0.4) is 0 Å². The second-order valence-electron chi connectivity index (χ2n) is 5.45. The van der Waals surface area contributed by atoms with Gasteiger partial charge in [0.2, 0.25) is 5.89 Å². The van der Waals surface area contributed by atoms with E-state index < -0.39 is 23.9 Å². The first-order chi connectivity index (χ1) is 12.1. The van der Waals surface area contributed by atoms with E-state index in [-0.39, 0.29) is 17.3 Å². The molecule has 0 saturated heterocycles. The lowest BCUT2D eigenvalue weighted by Crippen LogP contribution is -2.34. The summed E-state index contributed by atoms with van der Waals surface area (Å²) in [5, 5.41) is 16.6. The van der Waals surface area contributed by atoms with Crippen molar-refractivity contribution < 1.29 is 18.8 Å². The number of nitrogens with one attached hydrogen (secondary N) is 1. The molecule has 0 fully saturated rings. The molecule has 0 aliphatic carbocycles. The first-order valence-corrected chi connectivity index (χ1v) is 7.64. The number of nitrogens with zero attached hydrogens (tertiary/aromatic N) is 2. The Morgan fingerprint density at radius 2 is 1.84 bits per heavy atom. The van der Waals surface area contributed by atoms with E-state index in [0.717, 1.165) is 0 Å². The highest BCUT2D eigenvalue weighted by Crippen LogP contribution is 2.24. The maximum Gasteiger partial charge on any atom is 0.254 e. The zero-order chi connectivity index (χ0) is 17.8. The third kappa shape index (κ3) is 3.72. The van der Waals surface area contributed by atoms with Gasteiger partial charge in [0, 0.05) is 12.5 Å². The fourth-order valence-electron chi connectivity index (χ4n) is 2.43. The Morgan fingerprint density at radius 1 is 1.16 bits per heavy atom. The van der Waals surface area contributed by atoms with Crippen LogP contribution in [0.4, 0.5) is 4.39 Å². The first-order valence-electron chi connectivity index (χ1n) is 7.64. The SMILES string of the molecule is Cc1nc(C(NC(=O)C(O)c2ccccc2)c2ccccc2F)no1. The zero-order valence-electron chi connectivity index (χ0n) is 13.4. The number of carbonyl (C=O) groups is 1. The van der Waals surface area contributed by atoms with Crippen LogP contribution in [0.15, 0.2) is 59.1 Å². The van der Waals surface area contributed by atoms with E-state index in [1.165, 1.54) is 18.2 Å². The van der Waals surface area contributed by atoms with Gasteiger partial charge in [0.15, 0.2) is 11.9 Å². The number of benzene rings is 2. The molecular formula is C18H16FN3O3. The lowest BCUT2D eigenvalue weighted by Gasteiger charge is -2.19. The van der Waals surface area contributed by atoms with Crippen LogP contribution in [-0.4, -0.2) is 21.2 Å². The van der Waals surface area contributed by atoms with Gasteiger partial charge in [-0.1, -0.05) is 53.7 Å². The Bertz CT molecular complexity index is 867. The Kier molecular flexibility index (Phi) is 4.85. The number of halogens is 1. The van der Waals surface area contributed by atoms with E-state index in [9.17, 15) is 14.3 Å². The van der Waals surface area contributed by atoms with Gasteiger partial charge in [-0.25, -0.2) is 4.39 Å². The number of aromatic nitrogens is 2. The quantitative estimate of drug-likeness (QED) is 0.744. The van der Waals surface area contributed by atoms with Gasteiger partial charge < -0.3 is 14.9 Å². The molecule has 2 unspecified atom stereocenters. The van der Waals surface area contributed by atoms with Gasteiger partial charge in [0.25, 0.3) is 5.91 Å². The summed E-state index contributed by atoms with van der Waals surface area (Å²) in [7, 11) is 0. The summed E-state index contributed by atoms with van der Waals surface area (Å²) in [5.41, 5.74) is 0.605. The largest absolute Gasteiger partial charge is 0.378 e. The van der Waals surface area contributed by atoms with Crippen molar-refractivity contribution in [3.05, 3.63) is 83.3 Å². The number of hydrogen-bond donors (Lipinski definition) is 2. The van der Waals surface area contributed by atoms with Crippen LogP contribution >= 0.6 is 0 Å². The van der Waals surface area contributed by atoms with Crippen LogP contribution in [0.2, 0.25) is 0 Å². The molecule has 3 rings (SSSR count). The number of carbonyl (C=O) groups excluding carboxylic acids is 1. The van der Waals surface area contributed by atoms with Crippen LogP contribution in [0.25, 0.3) is 0 Å². The molecule has 25 heavy (non-hydrogen) atoms. The fraction of sp³-hybridized carbons (Fsp3) is 0.167. The maximum absolute atomic E-state index is 14.2. The Labute approximate surface area is 143 Å². The van der Waals surface area contributed by atoms with Crippen LogP contribution in [0.1, 0.15) is 35.0 Å². The van der Waals surface area contributed by atoms with Crippen molar-refractivity contribution in [3.63, 3.8) is 0 Å². The van der Waals surface area contributed by atoms with Gasteiger partial charge in [-0.15, -0.1) is 0 Å². The van der Waals surface area contributed by atoms with Crippen LogP contribution < -0.4 is 5.32 Å². The van der Waals surface area contributed by atoms with Crippen molar-refractivity contribution in [2.45, 2.75) is 19.1 Å². The molecule has 1 amide bonds. The lowest BCUT2D eigenvalue weighted by atomic mass is 10.0. The molecule has 0 aliphatic heterocycles. The van der Waals surface area contributed by atoms with Gasteiger partial charge in [-0.05, 0) is 11.6 Å². The summed E-state index contributed by atoms with van der Waals surface area (Å²) in [6.07, 6.45) is -1.40. The second-order valence-corrected chi connectivity index (χ2v) is 5.45. The van der Waals surface area contributed by atoms with Gasteiger partial charge in [0.05, 0.1) is 0 Å². The van der Waals surface area contributed by atoms with E-state index in [1.54, 1.807) is 43.3 Å². The molecule has 0 radical (unpaired) electrons. The number of hydrogen-bond acceptors (Lipinski definition) is 5. The average Bonchev–Trinajstić information content (AvgIpc) is 3.06. The summed E-state index contributed by atoms with van der Waals surface area (Å²) in [6.45, 7) is 1.59. The number of amides is 1. The van der Waals surface area contributed by atoms with E-state index >= 15 is 0 Å². The van der Waals surface area contributed by atoms with E-state index in [2.05, 4.69) is 15.5 Å². The van der Waals surface area contributed by atoms with Crippen LogP contribution in [-0.2, 0) is 4.79 Å². The number of aliphatic hydroxyl groups is 1. The number of rotatable bonds is 5. The first kappa shape index (κ1) is 16.8. The molecule has 1 aromatic heterocycles. The molecule has 7 heteroatoms. The van der Waals surface area contributed by atoms with Crippen molar-refractivity contribution in [2.75, 3.05) is 0 Å². The molecule has 2 atom stereocenters. The molecule has 1 heterocycles. The van der Waals surface area contributed by atoms with Crippen LogP contribution in [0.5, 0.6) is 0 Å². The molecule has 2 N–H and O–H groups in total. The third-order valence-electron chi connectivity index (χ3n) is 3.67. The smallest absolute Gasteiger partial charge is 0.254 e. The Hall–Kier alpha value is -3.06. The number of aliphatic hydroxyl groups excluding tert-OH is 1. The molecule has 128 valence electrons. The zero-order valence-corrected chi connectivity index (χ0v) is 13.4. The highest BCUT2D eigenvalue weighted by atomic mass is 19.1. The normalized spacial score (nSPS) is 13.2. The topological polar surface area (TPSA) is 88.2 Å². The third-order valence-corrected chi connectivity index (χ3v) is 3.67. The van der Waals surface area contributed by atoms with Crippen molar-refractivity contribution in [1.29, 1.82) is 0 Å². The standard InChI is InChI=1S/C18H16FN3O3/c1-11-20-17(22-25-11)15(13-9-5-6-10-14(13)19)21-18(24)16(23)12-7-3-2-4-8-12/h2-10,15-16,23H,1H3,(H,21,24). The van der Waals surface area contributed by atoms with Crippen LogP contribution in [0, 0.1) is 12.7 Å². The monoisotopic (exact) mass is 341 g/mol. The van der Waals surface area contributed by atoms with E-state index in [0.29, 0.717) is 5.56 Å². The summed E-state index contributed by atoms with van der Waals surface area (Å²) in [5.74, 6) is -0.822. The predicted octanol–water partition coefficient (Wildman–Crippen LogP) is 2.46. The Balaban J connectivity index is 1.90. The predicted molar refractivity (Wildman–Crippen MR) is 86.8 cm³/mol. The summed E-state index contributed by atoms with van der Waals surface area (Å²) in [6, 6.07) is 13.4. The molecule has 2 aromatic carbocycles. The molecule has 6 nitrogen and oxygen atoms in total. The number of aryl methyl sites for hydroxylation is 1. The van der Waals surface area contributed by atoms with Gasteiger partial charge in [0.1, 0.15) is 11.9 Å². The van der Waals surface area contributed by atoms with Crippen molar-refractivity contribution in [2.24, 2.45) is 0 Å². The molecule has 0 bridgehead atoms. The fourth-order valence-corrected chi connectivity index (χ4v) is 2.43. The highest BCUT2D eigenvalue weighted by Gasteiger charge is 2.27. The van der Waals surface area contributed by atoms with Crippen molar-refractivity contribution in [1.82, 2.24) is 15.5 Å². The maximum atomic E-state index is 14.2. The highest BCUT2D eigenvalue weighted by molar-refractivity contribution is 5.82. The molecule has 3 aromatic rings. The minimum atomic E-state index is -1.40. The lowest BCUT2D eigenvalue weighted by molar-refractivity contribution is -0.130. The average molecular weight is 341 g/mol. The second kappa shape index (κ2) is 7.23. The van der Waals surface area contributed by atoms with Crippen molar-refractivity contribution in [3.8, 4) is 0 Å². The Morgan fingerprint density at radius 3 is 2.48 bits per heavy atom. The minimum Gasteiger partial charge on any atom is -0.378 e. The van der Waals surface area contributed by atoms with E-state index in [4.69, 9.17) is 4.52 Å². The molecule has 0 saturated carbocycles. The summed E-state index contributed by atoms with van der Waals surface area (Å²) < 4.78 is 19.1. The molecule has 0 aliphatic rings. The minimum absolute atomic E-state index is 0.108. The van der Waals surface area contributed by atoms with Gasteiger partial charge in [-0.3, -0.25) is 4.79 Å². The molecular weight excluding hydrogens is 325 g/mol. The van der Waals surface area contributed by atoms with Gasteiger partial charge in [-0.2, -0.15) is 4.98 Å². The summed E-state index contributed by atoms with van der Waals surface area (Å²) >= 11 is 0. The summed E-state index contributed by atoms with van der Waals surface area (Å²) in [4.78, 5) is 16.5. The molecule has 0 spiro atoms. The van der Waals surface area contributed by atoms with Gasteiger partial charge >= 0.3 is 0 Å². The van der Waals surface area contributed by atoms with Crippen molar-refractivity contribution >= 4 is 5.91 Å².